The average molecular weight is 301 g/mol. The predicted molar refractivity (Wildman–Crippen MR) is 78.9 cm³/mol. The van der Waals surface area contributed by atoms with Crippen LogP contribution in [0.1, 0.15) is 20.3 Å². The lowest BCUT2D eigenvalue weighted by Crippen LogP contribution is -2.56. The standard InChI is InChI=1S/C13H23N3O3S/c1-3-11-16(10(9-20-11)12(17)18)13(19)15-7-5-14(4-2)6-8-15/h10-11H,3-9H2,1-2H3,(H,17,18). The fourth-order valence-electron chi connectivity index (χ4n) is 2.74. The zero-order valence-electron chi connectivity index (χ0n) is 12.1. The highest BCUT2D eigenvalue weighted by molar-refractivity contribution is 8.00. The number of carboxylic acids is 1. The van der Waals surface area contributed by atoms with Crippen LogP contribution in [-0.4, -0.2) is 81.7 Å². The van der Waals surface area contributed by atoms with E-state index in [2.05, 4.69) is 11.8 Å². The van der Waals surface area contributed by atoms with Crippen LogP contribution in [0.15, 0.2) is 0 Å². The summed E-state index contributed by atoms with van der Waals surface area (Å²) in [7, 11) is 0. The van der Waals surface area contributed by atoms with Crippen molar-refractivity contribution < 1.29 is 14.7 Å². The Morgan fingerprint density at radius 1 is 1.20 bits per heavy atom. The molecule has 0 spiro atoms. The number of rotatable bonds is 3. The second-order valence-electron chi connectivity index (χ2n) is 5.16. The Kier molecular flexibility index (Phi) is 5.15. The van der Waals surface area contributed by atoms with Gasteiger partial charge in [-0.25, -0.2) is 9.59 Å². The zero-order chi connectivity index (χ0) is 14.7. The van der Waals surface area contributed by atoms with Gasteiger partial charge in [-0.2, -0.15) is 0 Å². The number of hydrogen-bond donors (Lipinski definition) is 1. The number of carbonyl (C=O) groups is 2. The lowest BCUT2D eigenvalue weighted by molar-refractivity contribution is -0.141. The van der Waals surface area contributed by atoms with Crippen molar-refractivity contribution in [2.75, 3.05) is 38.5 Å². The normalized spacial score (nSPS) is 27.9. The highest BCUT2D eigenvalue weighted by Crippen LogP contribution is 2.32. The molecule has 2 rings (SSSR count). The minimum atomic E-state index is -0.894. The van der Waals surface area contributed by atoms with Gasteiger partial charge in [0, 0.05) is 31.9 Å². The number of aliphatic carboxylic acids is 1. The quantitative estimate of drug-likeness (QED) is 0.842. The highest BCUT2D eigenvalue weighted by Gasteiger charge is 2.42. The van der Waals surface area contributed by atoms with E-state index >= 15 is 0 Å². The summed E-state index contributed by atoms with van der Waals surface area (Å²) in [6.07, 6.45) is 0.787. The largest absolute Gasteiger partial charge is 0.480 e. The summed E-state index contributed by atoms with van der Waals surface area (Å²) in [5, 5.41) is 9.28. The van der Waals surface area contributed by atoms with Crippen LogP contribution in [0.5, 0.6) is 0 Å². The zero-order valence-corrected chi connectivity index (χ0v) is 12.9. The molecule has 2 amide bonds. The van der Waals surface area contributed by atoms with E-state index in [1.54, 1.807) is 21.6 Å². The van der Waals surface area contributed by atoms with Gasteiger partial charge in [-0.05, 0) is 13.0 Å². The molecule has 2 heterocycles. The Hall–Kier alpha value is -0.950. The second kappa shape index (κ2) is 6.67. The highest BCUT2D eigenvalue weighted by atomic mass is 32.2. The number of hydrogen-bond acceptors (Lipinski definition) is 4. The molecule has 2 aliphatic rings. The average Bonchev–Trinajstić information content (AvgIpc) is 2.90. The maximum Gasteiger partial charge on any atom is 0.327 e. The first-order valence-electron chi connectivity index (χ1n) is 7.22. The van der Waals surface area contributed by atoms with Crippen LogP contribution in [0.25, 0.3) is 0 Å². The molecule has 6 nitrogen and oxygen atoms in total. The van der Waals surface area contributed by atoms with Crippen molar-refractivity contribution in [2.24, 2.45) is 0 Å². The smallest absolute Gasteiger partial charge is 0.327 e. The van der Waals surface area contributed by atoms with Crippen molar-refractivity contribution in [3.8, 4) is 0 Å². The van der Waals surface area contributed by atoms with Gasteiger partial charge in [-0.15, -0.1) is 11.8 Å². The van der Waals surface area contributed by atoms with E-state index < -0.39 is 12.0 Å². The number of thioether (sulfide) groups is 1. The molecule has 0 saturated carbocycles. The van der Waals surface area contributed by atoms with Gasteiger partial charge >= 0.3 is 12.0 Å². The van der Waals surface area contributed by atoms with Crippen LogP contribution in [0, 0.1) is 0 Å². The second-order valence-corrected chi connectivity index (χ2v) is 6.37. The molecule has 20 heavy (non-hydrogen) atoms. The van der Waals surface area contributed by atoms with Gasteiger partial charge in [-0.3, -0.25) is 4.90 Å². The number of nitrogens with zero attached hydrogens (tertiary/aromatic N) is 3. The first-order chi connectivity index (χ1) is 9.58. The van der Waals surface area contributed by atoms with Crippen molar-refractivity contribution in [3.05, 3.63) is 0 Å². The Morgan fingerprint density at radius 2 is 1.85 bits per heavy atom. The van der Waals surface area contributed by atoms with E-state index in [-0.39, 0.29) is 11.4 Å². The Labute approximate surface area is 124 Å². The molecule has 2 saturated heterocycles. The van der Waals surface area contributed by atoms with Crippen LogP contribution in [0.2, 0.25) is 0 Å². The number of piperazine rings is 1. The molecule has 0 aromatic heterocycles. The molecular formula is C13H23N3O3S. The van der Waals surface area contributed by atoms with Crippen LogP contribution in [-0.2, 0) is 4.79 Å². The van der Waals surface area contributed by atoms with Gasteiger partial charge in [0.1, 0.15) is 6.04 Å². The van der Waals surface area contributed by atoms with Crippen molar-refractivity contribution >= 4 is 23.8 Å². The third kappa shape index (κ3) is 3.03. The summed E-state index contributed by atoms with van der Waals surface area (Å²) in [4.78, 5) is 29.6. The molecule has 2 atom stereocenters. The van der Waals surface area contributed by atoms with E-state index in [0.29, 0.717) is 18.8 Å². The Bertz CT molecular complexity index is 372. The molecule has 1 N–H and O–H groups in total. The number of carboxylic acid groups (broad SMARTS) is 1. The number of urea groups is 1. The molecule has 2 aliphatic heterocycles. The first-order valence-corrected chi connectivity index (χ1v) is 8.27. The van der Waals surface area contributed by atoms with Crippen molar-refractivity contribution in [1.29, 1.82) is 0 Å². The van der Waals surface area contributed by atoms with E-state index in [1.165, 1.54) is 0 Å². The molecule has 0 bridgehead atoms. The maximum atomic E-state index is 12.6. The predicted octanol–water partition coefficient (Wildman–Crippen LogP) is 0.982. The van der Waals surface area contributed by atoms with E-state index in [1.807, 2.05) is 6.92 Å². The lowest BCUT2D eigenvalue weighted by Gasteiger charge is -2.38. The fourth-order valence-corrected chi connectivity index (χ4v) is 4.08. The first kappa shape index (κ1) is 15.4. The minimum Gasteiger partial charge on any atom is -0.480 e. The van der Waals surface area contributed by atoms with Crippen LogP contribution < -0.4 is 0 Å². The summed E-state index contributed by atoms with van der Waals surface area (Å²) in [6, 6.07) is -0.786. The van der Waals surface area contributed by atoms with Gasteiger partial charge in [0.25, 0.3) is 0 Å². The van der Waals surface area contributed by atoms with Crippen molar-refractivity contribution in [3.63, 3.8) is 0 Å². The van der Waals surface area contributed by atoms with Crippen LogP contribution in [0.3, 0.4) is 0 Å². The molecule has 2 fully saturated rings. The number of amides is 2. The Morgan fingerprint density at radius 3 is 2.35 bits per heavy atom. The SMILES string of the molecule is CCC1SCC(C(=O)O)N1C(=O)N1CCN(CC)CC1. The molecular weight excluding hydrogens is 278 g/mol. The molecule has 114 valence electrons. The van der Waals surface area contributed by atoms with Gasteiger partial charge in [0.2, 0.25) is 0 Å². The monoisotopic (exact) mass is 301 g/mol. The minimum absolute atomic E-state index is 0.00666. The topological polar surface area (TPSA) is 64.1 Å². The lowest BCUT2D eigenvalue weighted by atomic mass is 10.2. The van der Waals surface area contributed by atoms with E-state index in [0.717, 1.165) is 26.1 Å². The molecule has 2 unspecified atom stereocenters. The van der Waals surface area contributed by atoms with E-state index in [4.69, 9.17) is 0 Å². The number of likely N-dealkylation sites (N-methyl/N-ethyl adjacent to an activating group) is 1. The molecule has 0 aromatic carbocycles. The third-order valence-electron chi connectivity index (χ3n) is 4.04. The van der Waals surface area contributed by atoms with Crippen LogP contribution in [0.4, 0.5) is 4.79 Å². The molecule has 0 aromatic rings. The van der Waals surface area contributed by atoms with Crippen LogP contribution >= 0.6 is 11.8 Å². The van der Waals surface area contributed by atoms with Gasteiger partial charge in [0.05, 0.1) is 5.37 Å². The summed E-state index contributed by atoms with van der Waals surface area (Å²) in [6.45, 7) is 8.24. The summed E-state index contributed by atoms with van der Waals surface area (Å²) in [5.41, 5.74) is 0. The fraction of sp³-hybridized carbons (Fsp3) is 0.846. The summed E-state index contributed by atoms with van der Waals surface area (Å²) in [5.74, 6) is -0.400. The summed E-state index contributed by atoms with van der Waals surface area (Å²) >= 11 is 1.57. The molecule has 7 heteroatoms. The van der Waals surface area contributed by atoms with Crippen molar-refractivity contribution in [2.45, 2.75) is 31.7 Å². The number of carbonyl (C=O) groups excluding carboxylic acids is 1. The summed E-state index contributed by atoms with van der Waals surface area (Å²) < 4.78 is 0. The maximum absolute atomic E-state index is 12.6. The van der Waals surface area contributed by atoms with E-state index in [9.17, 15) is 14.7 Å². The molecule has 0 radical (unpaired) electrons. The third-order valence-corrected chi connectivity index (χ3v) is 5.49. The van der Waals surface area contributed by atoms with Crippen molar-refractivity contribution in [1.82, 2.24) is 14.7 Å². The van der Waals surface area contributed by atoms with Gasteiger partial charge in [0.15, 0.2) is 0 Å². The Balaban J connectivity index is 2.04. The molecule has 0 aliphatic carbocycles. The van der Waals surface area contributed by atoms with Gasteiger partial charge < -0.3 is 14.9 Å². The van der Waals surface area contributed by atoms with Gasteiger partial charge in [-0.1, -0.05) is 13.8 Å².